The fourth-order valence-electron chi connectivity index (χ4n) is 5.88. The van der Waals surface area contributed by atoms with Gasteiger partial charge in [0.1, 0.15) is 29.0 Å². The van der Waals surface area contributed by atoms with E-state index in [-0.39, 0.29) is 40.8 Å². The van der Waals surface area contributed by atoms with Crippen molar-refractivity contribution in [2.24, 2.45) is 0 Å². The number of fused-ring (bicyclic) bond motifs is 3. The summed E-state index contributed by atoms with van der Waals surface area (Å²) in [5, 5.41) is 47.0. The Balaban J connectivity index is 1.66. The van der Waals surface area contributed by atoms with Crippen LogP contribution in [0.4, 0.5) is 0 Å². The van der Waals surface area contributed by atoms with Crippen molar-refractivity contribution in [1.29, 1.82) is 0 Å². The number of aliphatic hydroxyl groups excluding tert-OH is 1. The number of carbonyl (C=O) groups excluding carboxylic acids is 4. The van der Waals surface area contributed by atoms with Gasteiger partial charge in [-0.15, -0.1) is 0 Å². The lowest BCUT2D eigenvalue weighted by Crippen LogP contribution is -2.54. The number of phenols is 2. The highest BCUT2D eigenvalue weighted by Gasteiger charge is 2.49. The van der Waals surface area contributed by atoms with Gasteiger partial charge in [0, 0.05) is 36.0 Å². The van der Waals surface area contributed by atoms with Crippen molar-refractivity contribution in [2.45, 2.75) is 69.4 Å². The van der Waals surface area contributed by atoms with Gasteiger partial charge in [-0.3, -0.25) is 19.2 Å². The van der Waals surface area contributed by atoms with Crippen LogP contribution in [-0.4, -0.2) is 81.4 Å². The average molecular weight is 556 g/mol. The Morgan fingerprint density at radius 3 is 2.50 bits per heavy atom. The fraction of sp³-hybridized carbons (Fsp3) is 0.429. The second-order valence-corrected chi connectivity index (χ2v) is 10.4. The summed E-state index contributed by atoms with van der Waals surface area (Å²) >= 11 is 0. The van der Waals surface area contributed by atoms with Gasteiger partial charge in [0.2, 0.25) is 12.2 Å². The largest absolute Gasteiger partial charge is 0.507 e. The zero-order valence-corrected chi connectivity index (χ0v) is 22.0. The third-order valence-corrected chi connectivity index (χ3v) is 8.04. The first kappa shape index (κ1) is 27.7. The molecule has 6 atom stereocenters. The van der Waals surface area contributed by atoms with Gasteiger partial charge in [-0.25, -0.2) is 0 Å². The minimum Gasteiger partial charge on any atom is -0.507 e. The number of hydrogen-bond donors (Lipinski definition) is 5. The molecule has 0 aromatic heterocycles. The van der Waals surface area contributed by atoms with E-state index in [1.165, 1.54) is 25.3 Å². The zero-order chi connectivity index (χ0) is 29.1. The molecule has 0 spiro atoms. The maximum absolute atomic E-state index is 13.7. The Labute approximate surface area is 228 Å². The van der Waals surface area contributed by atoms with Crippen molar-refractivity contribution >= 4 is 23.8 Å². The molecule has 2 aromatic rings. The minimum absolute atomic E-state index is 0.0196. The van der Waals surface area contributed by atoms with Gasteiger partial charge < -0.3 is 40.0 Å². The molecule has 12 nitrogen and oxygen atoms in total. The van der Waals surface area contributed by atoms with Crippen molar-refractivity contribution in [2.75, 3.05) is 7.11 Å². The third kappa shape index (κ3) is 4.15. The standard InChI is InChI=1S/C28H29NO11/c1-11-23(32)15(29-10-30)7-18(39-11)40-17-9-28(37,12(2)31)8-14-20(17)27(36)22-21(25(14)34)24(33)13-5-4-6-16(38-3)19(13)26(22)35/h4-6,10-11,15,17-18,23,32,34,36-37H,7-9H2,1-3H3,(H,29,30)/t11-,15-,17-,18-,23+,28-/m0/s1. The molecule has 0 saturated carbocycles. The molecule has 212 valence electrons. The number of phenolic OH excluding ortho intramolecular Hbond substituents is 2. The molecule has 2 aromatic carbocycles. The average Bonchev–Trinajstić information content (AvgIpc) is 2.91. The van der Waals surface area contributed by atoms with Crippen molar-refractivity contribution in [3.05, 3.63) is 51.6 Å². The van der Waals surface area contributed by atoms with Crippen molar-refractivity contribution in [1.82, 2.24) is 5.32 Å². The summed E-state index contributed by atoms with van der Waals surface area (Å²) < 4.78 is 17.1. The molecule has 1 saturated heterocycles. The highest BCUT2D eigenvalue weighted by atomic mass is 16.7. The first-order chi connectivity index (χ1) is 18.9. The molecule has 5 rings (SSSR count). The lowest BCUT2D eigenvalue weighted by molar-refractivity contribution is -0.249. The normalized spacial score (nSPS) is 29.2. The number of hydrogen-bond acceptors (Lipinski definition) is 11. The number of aliphatic hydroxyl groups is 2. The summed E-state index contributed by atoms with van der Waals surface area (Å²) in [4.78, 5) is 50.8. The van der Waals surface area contributed by atoms with E-state index >= 15 is 0 Å². The van der Waals surface area contributed by atoms with Gasteiger partial charge in [0.05, 0.1) is 42.0 Å². The van der Waals surface area contributed by atoms with E-state index in [0.29, 0.717) is 6.41 Å². The Hall–Kier alpha value is -3.84. The molecule has 2 aliphatic carbocycles. The van der Waals surface area contributed by atoms with Gasteiger partial charge in [0.15, 0.2) is 17.9 Å². The Morgan fingerprint density at radius 2 is 1.85 bits per heavy atom. The van der Waals surface area contributed by atoms with Gasteiger partial charge in [-0.1, -0.05) is 12.1 Å². The summed E-state index contributed by atoms with van der Waals surface area (Å²) in [5.74, 6) is -3.33. The summed E-state index contributed by atoms with van der Waals surface area (Å²) in [6.07, 6.45) is -4.61. The third-order valence-electron chi connectivity index (χ3n) is 8.04. The minimum atomic E-state index is -2.04. The number of benzene rings is 2. The maximum atomic E-state index is 13.7. The molecule has 5 N–H and O–H groups in total. The molecule has 1 fully saturated rings. The van der Waals surface area contributed by atoms with E-state index in [9.17, 15) is 39.6 Å². The number of carbonyl (C=O) groups is 4. The van der Waals surface area contributed by atoms with E-state index in [1.54, 1.807) is 6.92 Å². The number of ether oxygens (including phenoxy) is 3. The van der Waals surface area contributed by atoms with Gasteiger partial charge >= 0.3 is 0 Å². The van der Waals surface area contributed by atoms with E-state index in [2.05, 4.69) is 5.32 Å². The molecule has 12 heteroatoms. The zero-order valence-electron chi connectivity index (χ0n) is 22.0. The number of nitrogens with one attached hydrogen (secondary N) is 1. The number of aromatic hydroxyl groups is 2. The van der Waals surface area contributed by atoms with Gasteiger partial charge in [-0.05, 0) is 19.9 Å². The van der Waals surface area contributed by atoms with Crippen LogP contribution in [-0.2, 0) is 25.5 Å². The van der Waals surface area contributed by atoms with Gasteiger partial charge in [0.25, 0.3) is 0 Å². The quantitative estimate of drug-likeness (QED) is 0.214. The Bertz CT molecular complexity index is 1440. The van der Waals surface area contributed by atoms with Crippen LogP contribution in [0, 0.1) is 0 Å². The van der Waals surface area contributed by atoms with Crippen LogP contribution in [0.1, 0.15) is 75.8 Å². The fourth-order valence-corrected chi connectivity index (χ4v) is 5.88. The van der Waals surface area contributed by atoms with Crippen LogP contribution in [0.5, 0.6) is 17.2 Å². The van der Waals surface area contributed by atoms with Gasteiger partial charge in [-0.2, -0.15) is 0 Å². The van der Waals surface area contributed by atoms with E-state index in [1.807, 2.05) is 0 Å². The van der Waals surface area contributed by atoms with Crippen LogP contribution < -0.4 is 10.1 Å². The molecule has 40 heavy (non-hydrogen) atoms. The van der Waals surface area contributed by atoms with Crippen molar-refractivity contribution in [3.8, 4) is 17.2 Å². The van der Waals surface area contributed by atoms with Crippen LogP contribution in [0.2, 0.25) is 0 Å². The molecule has 1 aliphatic heterocycles. The van der Waals surface area contributed by atoms with Crippen LogP contribution >= 0.6 is 0 Å². The molecular formula is C28H29NO11. The topological polar surface area (TPSA) is 189 Å². The van der Waals surface area contributed by atoms with E-state index in [0.717, 1.165) is 6.92 Å². The first-order valence-corrected chi connectivity index (χ1v) is 12.7. The van der Waals surface area contributed by atoms with Crippen LogP contribution in [0.3, 0.4) is 0 Å². The summed E-state index contributed by atoms with van der Waals surface area (Å²) in [5.41, 5.74) is -3.25. The second-order valence-electron chi connectivity index (χ2n) is 10.4. The Morgan fingerprint density at radius 1 is 1.15 bits per heavy atom. The highest BCUT2D eigenvalue weighted by Crippen LogP contribution is 2.52. The van der Waals surface area contributed by atoms with E-state index < -0.39 is 82.6 Å². The predicted molar refractivity (Wildman–Crippen MR) is 135 cm³/mol. The monoisotopic (exact) mass is 555 g/mol. The summed E-state index contributed by atoms with van der Waals surface area (Å²) in [6, 6.07) is 3.66. The smallest absolute Gasteiger partial charge is 0.207 e. The lowest BCUT2D eigenvalue weighted by Gasteiger charge is -2.42. The molecule has 3 aliphatic rings. The van der Waals surface area contributed by atoms with Crippen molar-refractivity contribution < 1.29 is 53.8 Å². The van der Waals surface area contributed by atoms with Crippen LogP contribution in [0.25, 0.3) is 0 Å². The number of Topliss-reactive ketones (excluding diaryl/α,β-unsaturated/α-hetero) is 1. The summed E-state index contributed by atoms with van der Waals surface area (Å²) in [6.45, 7) is 2.73. The molecule has 1 amide bonds. The van der Waals surface area contributed by atoms with Crippen LogP contribution in [0.15, 0.2) is 18.2 Å². The number of ketones is 3. The Kier molecular flexibility index (Phi) is 6.91. The summed E-state index contributed by atoms with van der Waals surface area (Å²) in [7, 11) is 1.33. The maximum Gasteiger partial charge on any atom is 0.207 e. The number of rotatable bonds is 6. The first-order valence-electron chi connectivity index (χ1n) is 12.7. The predicted octanol–water partition coefficient (Wildman–Crippen LogP) is 0.816. The SMILES string of the molecule is COc1cccc2c1C(=O)c1c(O)c3c(c(O)c1C2=O)C[C@@](O)(C(C)=O)C[C@@H]3O[C@H]1C[C@H](NC=O)[C@H](O)[C@H](C)O1. The molecule has 0 radical (unpaired) electrons. The molecular weight excluding hydrogens is 526 g/mol. The van der Waals surface area contributed by atoms with Crippen molar-refractivity contribution in [3.63, 3.8) is 0 Å². The number of methoxy groups -OCH3 is 1. The highest BCUT2D eigenvalue weighted by molar-refractivity contribution is 6.31. The lowest BCUT2D eigenvalue weighted by atomic mass is 9.72. The molecule has 0 bridgehead atoms. The number of amides is 1. The second kappa shape index (κ2) is 9.97. The van der Waals surface area contributed by atoms with E-state index in [4.69, 9.17) is 14.2 Å². The molecule has 1 heterocycles. The molecule has 0 unspecified atom stereocenters.